The molecule has 0 aliphatic rings. The third-order valence-electron chi connectivity index (χ3n) is 9.09. The average molecular weight is 667 g/mol. The molecular weight excluding hydrogens is 592 g/mol. The molecule has 0 amide bonds. The molecule has 0 aliphatic heterocycles. The molecule has 0 unspecified atom stereocenters. The Morgan fingerprint density at radius 3 is 1.29 bits per heavy atom. The lowest BCUT2D eigenvalue weighted by molar-refractivity contribution is -0.143. The smallest absolute Gasteiger partial charge is 0.311 e. The van der Waals surface area contributed by atoms with Crippen molar-refractivity contribution >= 4 is 11.9 Å². The number of hydrogen-bond donors (Lipinski definition) is 0. The molecule has 1 aromatic carbocycles. The zero-order chi connectivity index (χ0) is 34.6. The van der Waals surface area contributed by atoms with E-state index in [4.69, 9.17) is 9.47 Å². The molecule has 0 atom stereocenters. The van der Waals surface area contributed by atoms with Crippen molar-refractivity contribution in [1.29, 1.82) is 0 Å². The molecule has 0 saturated carbocycles. The third kappa shape index (κ3) is 29.8. The first-order valence-electron chi connectivity index (χ1n) is 20.4. The van der Waals surface area contributed by atoms with Crippen LogP contribution in [0.2, 0.25) is 0 Å². The fourth-order valence-corrected chi connectivity index (χ4v) is 5.94. The van der Waals surface area contributed by atoms with Gasteiger partial charge in [0.15, 0.2) is 0 Å². The van der Waals surface area contributed by atoms with Crippen molar-refractivity contribution in [2.24, 2.45) is 0 Å². The average Bonchev–Trinajstić information content (AvgIpc) is 3.09. The second kappa shape index (κ2) is 34.5. The predicted molar refractivity (Wildman–Crippen MR) is 206 cm³/mol. The number of allylic oxidation sites excluding steroid dienone is 4. The van der Waals surface area contributed by atoms with Crippen molar-refractivity contribution in [3.63, 3.8) is 0 Å². The summed E-state index contributed by atoms with van der Waals surface area (Å²) >= 11 is 0. The minimum Gasteiger partial charge on any atom is -0.465 e. The van der Waals surface area contributed by atoms with Gasteiger partial charge >= 0.3 is 11.9 Å². The van der Waals surface area contributed by atoms with Gasteiger partial charge in [-0.2, -0.15) is 0 Å². The van der Waals surface area contributed by atoms with Gasteiger partial charge in [0.25, 0.3) is 0 Å². The molecule has 274 valence electrons. The molecule has 0 aromatic heterocycles. The van der Waals surface area contributed by atoms with Crippen molar-refractivity contribution in [1.82, 2.24) is 0 Å². The number of carbonyl (C=O) groups is 2. The fourth-order valence-electron chi connectivity index (χ4n) is 5.94. The van der Waals surface area contributed by atoms with Crippen LogP contribution in [0.5, 0.6) is 5.75 Å². The van der Waals surface area contributed by atoms with Crippen molar-refractivity contribution in [3.05, 3.63) is 54.1 Å². The second-order valence-corrected chi connectivity index (χ2v) is 13.8. The maximum Gasteiger partial charge on any atom is 0.311 e. The molecule has 4 heteroatoms. The number of unbranched alkanes of at least 4 members (excludes halogenated alkanes) is 22. The van der Waals surface area contributed by atoms with Gasteiger partial charge in [-0.15, -0.1) is 0 Å². The van der Waals surface area contributed by atoms with Crippen LogP contribution in [0.3, 0.4) is 0 Å². The molecule has 0 spiro atoms. The van der Waals surface area contributed by atoms with Crippen LogP contribution >= 0.6 is 0 Å². The van der Waals surface area contributed by atoms with E-state index in [9.17, 15) is 9.59 Å². The van der Waals surface area contributed by atoms with Crippen LogP contribution in [-0.4, -0.2) is 18.5 Å². The first-order valence-corrected chi connectivity index (χ1v) is 20.4. The van der Waals surface area contributed by atoms with Gasteiger partial charge in [-0.25, -0.2) is 0 Å². The van der Waals surface area contributed by atoms with Crippen LogP contribution in [0.4, 0.5) is 0 Å². The highest BCUT2D eigenvalue weighted by Crippen LogP contribution is 2.16. The van der Waals surface area contributed by atoms with Crippen LogP contribution in [0, 0.1) is 0 Å². The highest BCUT2D eigenvalue weighted by Gasteiger charge is 2.06. The van der Waals surface area contributed by atoms with E-state index in [0.717, 1.165) is 31.2 Å². The van der Waals surface area contributed by atoms with Gasteiger partial charge in [-0.3, -0.25) is 9.59 Å². The monoisotopic (exact) mass is 667 g/mol. The van der Waals surface area contributed by atoms with Crippen LogP contribution in [0.25, 0.3) is 0 Å². The molecule has 0 fully saturated rings. The van der Waals surface area contributed by atoms with Gasteiger partial charge in [0, 0.05) is 19.3 Å². The van der Waals surface area contributed by atoms with Gasteiger partial charge in [-0.05, 0) is 81.9 Å². The largest absolute Gasteiger partial charge is 0.465 e. The number of carbonyl (C=O) groups excluding carboxylic acids is 2. The third-order valence-corrected chi connectivity index (χ3v) is 9.09. The molecule has 48 heavy (non-hydrogen) atoms. The Hall–Kier alpha value is -2.36. The Morgan fingerprint density at radius 2 is 0.854 bits per heavy atom. The summed E-state index contributed by atoms with van der Waals surface area (Å²) in [4.78, 5) is 24.3. The molecule has 0 bridgehead atoms. The van der Waals surface area contributed by atoms with Gasteiger partial charge in [0.2, 0.25) is 0 Å². The van der Waals surface area contributed by atoms with E-state index in [2.05, 4.69) is 38.2 Å². The van der Waals surface area contributed by atoms with E-state index < -0.39 is 0 Å². The number of esters is 2. The summed E-state index contributed by atoms with van der Waals surface area (Å²) in [5.41, 5.74) is 1.07. The summed E-state index contributed by atoms with van der Waals surface area (Å²) in [6, 6.07) is 7.56. The van der Waals surface area contributed by atoms with Crippen LogP contribution in [0.15, 0.2) is 48.6 Å². The minimum absolute atomic E-state index is 0.103. The lowest BCUT2D eigenvalue weighted by Gasteiger charge is -2.07. The zero-order valence-electron chi connectivity index (χ0n) is 31.5. The molecule has 0 heterocycles. The van der Waals surface area contributed by atoms with E-state index in [-0.39, 0.29) is 11.9 Å². The molecule has 1 rings (SSSR count). The van der Waals surface area contributed by atoms with Crippen LogP contribution < -0.4 is 4.74 Å². The summed E-state index contributed by atoms with van der Waals surface area (Å²) in [7, 11) is 0. The highest BCUT2D eigenvalue weighted by molar-refractivity contribution is 5.72. The topological polar surface area (TPSA) is 52.6 Å². The zero-order valence-corrected chi connectivity index (χ0v) is 31.5. The Balaban J connectivity index is 1.94. The molecule has 0 radical (unpaired) electrons. The normalized spacial score (nSPS) is 11.5. The summed E-state index contributed by atoms with van der Waals surface area (Å²) in [6.07, 6.45) is 43.5. The Bertz CT molecular complexity index is 916. The maximum atomic E-state index is 12.2. The van der Waals surface area contributed by atoms with Crippen molar-refractivity contribution in [2.75, 3.05) is 6.61 Å². The highest BCUT2D eigenvalue weighted by atomic mass is 16.5. The van der Waals surface area contributed by atoms with Crippen molar-refractivity contribution in [3.8, 4) is 5.75 Å². The number of rotatable bonds is 34. The Kier molecular flexibility index (Phi) is 31.4. The van der Waals surface area contributed by atoms with Gasteiger partial charge < -0.3 is 9.47 Å². The first-order chi connectivity index (χ1) is 23.7. The molecule has 0 saturated heterocycles. The van der Waals surface area contributed by atoms with Crippen molar-refractivity contribution in [2.45, 2.75) is 200 Å². The predicted octanol–water partition coefficient (Wildman–Crippen LogP) is 13.8. The molecule has 4 nitrogen and oxygen atoms in total. The van der Waals surface area contributed by atoms with Crippen molar-refractivity contribution < 1.29 is 19.1 Å². The SMILES string of the molecule is CCCCCCCCC=CCCCCCCCC(=O)OCCc1ccc(OC(=O)CCCCCCCC=CCCCCCCCC)cc1. The minimum atomic E-state index is -0.162. The Labute approximate surface area is 296 Å². The van der Waals surface area contributed by atoms with Gasteiger partial charge in [-0.1, -0.05) is 153 Å². The van der Waals surface area contributed by atoms with E-state index in [0.29, 0.717) is 31.6 Å². The van der Waals surface area contributed by atoms with Gasteiger partial charge in [0.05, 0.1) is 6.61 Å². The summed E-state index contributed by atoms with van der Waals surface area (Å²) in [5, 5.41) is 0. The quantitative estimate of drug-likeness (QED) is 0.0318. The molecular formula is C44H74O4. The molecule has 0 N–H and O–H groups in total. The lowest BCUT2D eigenvalue weighted by Crippen LogP contribution is -2.08. The first kappa shape index (κ1) is 43.7. The summed E-state index contributed by atoms with van der Waals surface area (Å²) in [6.45, 7) is 4.92. The number of ether oxygens (including phenoxy) is 2. The standard InChI is InChI=1S/C44H74O4/c1-3-5-7-9-11-13-15-17-19-21-23-25-27-29-31-33-43(45)47-40-39-41-35-37-42(38-36-41)48-44(46)34-32-30-28-26-24-22-20-18-16-14-12-10-8-6-4-2/h17-20,35-38H,3-16,21-34,39-40H2,1-2H3. The Morgan fingerprint density at radius 1 is 0.479 bits per heavy atom. The van der Waals surface area contributed by atoms with E-state index in [1.54, 1.807) is 0 Å². The van der Waals surface area contributed by atoms with E-state index >= 15 is 0 Å². The van der Waals surface area contributed by atoms with Gasteiger partial charge in [0.1, 0.15) is 5.75 Å². The van der Waals surface area contributed by atoms with Crippen LogP contribution in [-0.2, 0) is 20.7 Å². The van der Waals surface area contributed by atoms with E-state index in [1.165, 1.54) is 141 Å². The number of benzene rings is 1. The fraction of sp³-hybridized carbons (Fsp3) is 0.727. The summed E-state index contributed by atoms with van der Waals surface area (Å²) < 4.78 is 11.0. The van der Waals surface area contributed by atoms with Crippen LogP contribution in [0.1, 0.15) is 199 Å². The number of hydrogen-bond acceptors (Lipinski definition) is 4. The molecule has 0 aliphatic carbocycles. The maximum absolute atomic E-state index is 12.2. The summed E-state index contributed by atoms with van der Waals surface area (Å²) in [5.74, 6) is 0.316. The lowest BCUT2D eigenvalue weighted by atomic mass is 10.1. The second-order valence-electron chi connectivity index (χ2n) is 13.8. The molecule has 1 aromatic rings. The van der Waals surface area contributed by atoms with E-state index in [1.807, 2.05) is 24.3 Å².